The summed E-state index contributed by atoms with van der Waals surface area (Å²) in [5.41, 5.74) is 1.08. The van der Waals surface area contributed by atoms with Gasteiger partial charge in [0, 0.05) is 36.7 Å². The van der Waals surface area contributed by atoms with Gasteiger partial charge in [0.05, 0.1) is 24.0 Å². The molecule has 0 spiro atoms. The molecule has 1 amide bonds. The van der Waals surface area contributed by atoms with Gasteiger partial charge in [-0.1, -0.05) is 21.1 Å². The molecule has 3 rings (SSSR count). The van der Waals surface area contributed by atoms with Crippen molar-refractivity contribution in [1.82, 2.24) is 15.0 Å². The molecule has 1 aliphatic rings. The van der Waals surface area contributed by atoms with E-state index in [4.69, 9.17) is 4.52 Å². The Morgan fingerprint density at radius 2 is 2.08 bits per heavy atom. The molecule has 8 heteroatoms. The molecule has 2 aromatic rings. The highest BCUT2D eigenvalue weighted by Gasteiger charge is 2.26. The molecule has 0 bridgehead atoms. The number of halogens is 2. The van der Waals surface area contributed by atoms with Gasteiger partial charge in [0.15, 0.2) is 5.76 Å². The van der Waals surface area contributed by atoms with Crippen LogP contribution in [0, 0.1) is 12.7 Å². The Balaban J connectivity index is 1.51. The van der Waals surface area contributed by atoms with Crippen LogP contribution in [0.3, 0.4) is 0 Å². The zero-order valence-corrected chi connectivity index (χ0v) is 16.4. The number of amides is 1. The van der Waals surface area contributed by atoms with Crippen LogP contribution in [0.1, 0.15) is 18.4 Å². The van der Waals surface area contributed by atoms with Gasteiger partial charge in [-0.25, -0.2) is 4.39 Å². The molecule has 1 saturated heterocycles. The molecule has 1 unspecified atom stereocenters. The molecule has 1 atom stereocenters. The number of nitrogens with one attached hydrogen (secondary N) is 1. The van der Waals surface area contributed by atoms with Crippen LogP contribution in [0.15, 0.2) is 33.3 Å². The Labute approximate surface area is 160 Å². The zero-order chi connectivity index (χ0) is 18.7. The number of carbonyl (C=O) groups is 1. The van der Waals surface area contributed by atoms with Crippen molar-refractivity contribution in [3.63, 3.8) is 0 Å². The average molecular weight is 425 g/mol. The lowest BCUT2D eigenvalue weighted by Gasteiger charge is -2.37. The Bertz CT molecular complexity index is 774. The Morgan fingerprint density at radius 3 is 2.69 bits per heavy atom. The number of rotatable bonds is 5. The van der Waals surface area contributed by atoms with Gasteiger partial charge in [-0.2, -0.15) is 0 Å². The molecule has 1 aromatic heterocycles. The van der Waals surface area contributed by atoms with Crippen LogP contribution in [0.2, 0.25) is 0 Å². The minimum atomic E-state index is -0.452. The molecular formula is C18H22BrFN4O2. The molecule has 26 heavy (non-hydrogen) atoms. The molecule has 0 radical (unpaired) electrons. The van der Waals surface area contributed by atoms with Gasteiger partial charge in [0.1, 0.15) is 5.82 Å². The van der Waals surface area contributed by atoms with E-state index in [0.29, 0.717) is 4.47 Å². The van der Waals surface area contributed by atoms with Crippen LogP contribution >= 0.6 is 15.9 Å². The topological polar surface area (TPSA) is 61.6 Å². The lowest BCUT2D eigenvalue weighted by atomic mass is 10.2. The molecule has 1 aromatic carbocycles. The minimum Gasteiger partial charge on any atom is -0.360 e. The van der Waals surface area contributed by atoms with Crippen LogP contribution in [-0.4, -0.2) is 53.1 Å². The second kappa shape index (κ2) is 8.28. The summed E-state index contributed by atoms with van der Waals surface area (Å²) < 4.78 is 19.8. The Kier molecular flexibility index (Phi) is 6.05. The molecule has 6 nitrogen and oxygen atoms in total. The van der Waals surface area contributed by atoms with E-state index in [1.165, 1.54) is 6.07 Å². The van der Waals surface area contributed by atoms with E-state index < -0.39 is 5.82 Å². The van der Waals surface area contributed by atoms with Gasteiger partial charge in [0.2, 0.25) is 5.91 Å². The van der Waals surface area contributed by atoms with E-state index in [2.05, 4.69) is 36.2 Å². The third kappa shape index (κ3) is 4.69. The SMILES string of the molecule is Cc1cc(CN2CCN(C(C)C(=O)Nc3ccc(Br)cc3F)CC2)on1. The first-order valence-corrected chi connectivity index (χ1v) is 9.36. The van der Waals surface area contributed by atoms with Crippen molar-refractivity contribution in [3.8, 4) is 0 Å². The zero-order valence-electron chi connectivity index (χ0n) is 14.8. The first-order valence-electron chi connectivity index (χ1n) is 8.57. The molecular weight excluding hydrogens is 403 g/mol. The van der Waals surface area contributed by atoms with Gasteiger partial charge < -0.3 is 9.84 Å². The maximum absolute atomic E-state index is 13.9. The summed E-state index contributed by atoms with van der Waals surface area (Å²) in [6, 6.07) is 6.21. The summed E-state index contributed by atoms with van der Waals surface area (Å²) >= 11 is 3.21. The Hall–Kier alpha value is -1.77. The van der Waals surface area contributed by atoms with Gasteiger partial charge in [-0.3, -0.25) is 14.6 Å². The van der Waals surface area contributed by atoms with E-state index in [1.807, 2.05) is 19.9 Å². The smallest absolute Gasteiger partial charge is 0.241 e. The Morgan fingerprint density at radius 1 is 1.35 bits per heavy atom. The van der Waals surface area contributed by atoms with Crippen molar-refractivity contribution < 1.29 is 13.7 Å². The first kappa shape index (κ1) is 19.0. The predicted molar refractivity (Wildman–Crippen MR) is 100 cm³/mol. The van der Waals surface area contributed by atoms with Crippen LogP contribution in [0.5, 0.6) is 0 Å². The molecule has 1 aliphatic heterocycles. The van der Waals surface area contributed by atoms with E-state index >= 15 is 0 Å². The first-order chi connectivity index (χ1) is 12.4. The third-order valence-corrected chi connectivity index (χ3v) is 5.07. The number of carbonyl (C=O) groups excluding carboxylic acids is 1. The lowest BCUT2D eigenvalue weighted by Crippen LogP contribution is -2.52. The van der Waals surface area contributed by atoms with E-state index in [0.717, 1.165) is 44.2 Å². The fourth-order valence-corrected chi connectivity index (χ4v) is 3.35. The maximum atomic E-state index is 13.9. The molecule has 0 saturated carbocycles. The molecule has 0 aliphatic carbocycles. The number of aromatic nitrogens is 1. The number of anilines is 1. The minimum absolute atomic E-state index is 0.198. The van der Waals surface area contributed by atoms with Crippen molar-refractivity contribution in [2.24, 2.45) is 0 Å². The van der Waals surface area contributed by atoms with Gasteiger partial charge in [-0.15, -0.1) is 0 Å². The highest BCUT2D eigenvalue weighted by Crippen LogP contribution is 2.20. The van der Waals surface area contributed by atoms with E-state index in [9.17, 15) is 9.18 Å². The van der Waals surface area contributed by atoms with Crippen LogP contribution < -0.4 is 5.32 Å². The summed E-state index contributed by atoms with van der Waals surface area (Å²) in [5.74, 6) is 0.199. The summed E-state index contributed by atoms with van der Waals surface area (Å²) in [6.07, 6.45) is 0. The number of piperazine rings is 1. The molecule has 140 valence electrons. The van der Waals surface area contributed by atoms with Crippen LogP contribution in [-0.2, 0) is 11.3 Å². The predicted octanol–water partition coefficient (Wildman–Crippen LogP) is 3.03. The number of hydrogen-bond acceptors (Lipinski definition) is 5. The number of hydrogen-bond donors (Lipinski definition) is 1. The van der Waals surface area contributed by atoms with Gasteiger partial charge >= 0.3 is 0 Å². The standard InChI is InChI=1S/C18H22BrFN4O2/c1-12-9-15(26-22-12)11-23-5-7-24(8-6-23)13(2)18(25)21-17-4-3-14(19)10-16(17)20/h3-4,9-10,13H,5-8,11H2,1-2H3,(H,21,25). The lowest BCUT2D eigenvalue weighted by molar-refractivity contribution is -0.121. The van der Waals surface area contributed by atoms with Crippen molar-refractivity contribution in [2.75, 3.05) is 31.5 Å². The normalized spacial score (nSPS) is 17.2. The summed E-state index contributed by atoms with van der Waals surface area (Å²) in [7, 11) is 0. The summed E-state index contributed by atoms with van der Waals surface area (Å²) in [6.45, 7) is 7.68. The number of aryl methyl sites for hydroxylation is 1. The third-order valence-electron chi connectivity index (χ3n) is 4.58. The fraction of sp³-hybridized carbons (Fsp3) is 0.444. The van der Waals surface area contributed by atoms with E-state index in [1.54, 1.807) is 12.1 Å². The van der Waals surface area contributed by atoms with Crippen molar-refractivity contribution in [2.45, 2.75) is 26.4 Å². The quantitative estimate of drug-likeness (QED) is 0.798. The van der Waals surface area contributed by atoms with Crippen molar-refractivity contribution in [1.29, 1.82) is 0 Å². The number of benzene rings is 1. The van der Waals surface area contributed by atoms with Crippen molar-refractivity contribution >= 4 is 27.5 Å². The van der Waals surface area contributed by atoms with Gasteiger partial charge in [0.25, 0.3) is 0 Å². The number of nitrogens with zero attached hydrogens (tertiary/aromatic N) is 3. The molecule has 1 fully saturated rings. The molecule has 1 N–H and O–H groups in total. The largest absolute Gasteiger partial charge is 0.360 e. The van der Waals surface area contributed by atoms with Crippen molar-refractivity contribution in [3.05, 3.63) is 46.0 Å². The maximum Gasteiger partial charge on any atom is 0.241 e. The van der Waals surface area contributed by atoms with Crippen LogP contribution in [0.4, 0.5) is 10.1 Å². The second-order valence-electron chi connectivity index (χ2n) is 6.54. The van der Waals surface area contributed by atoms with Gasteiger partial charge in [-0.05, 0) is 32.0 Å². The average Bonchev–Trinajstić information content (AvgIpc) is 3.02. The second-order valence-corrected chi connectivity index (χ2v) is 7.45. The molecule has 2 heterocycles. The fourth-order valence-electron chi connectivity index (χ4n) is 3.01. The highest BCUT2D eigenvalue weighted by molar-refractivity contribution is 9.10. The monoisotopic (exact) mass is 424 g/mol. The summed E-state index contributed by atoms with van der Waals surface area (Å²) in [4.78, 5) is 16.8. The highest BCUT2D eigenvalue weighted by atomic mass is 79.9. The van der Waals surface area contributed by atoms with Crippen LogP contribution in [0.25, 0.3) is 0 Å². The summed E-state index contributed by atoms with van der Waals surface area (Å²) in [5, 5.41) is 6.58. The van der Waals surface area contributed by atoms with E-state index in [-0.39, 0.29) is 17.6 Å².